The number of aromatic nitrogens is 2. The molecular weight excluding hydrogens is 300 g/mol. The maximum Gasteiger partial charge on any atom is 0.407 e. The Hall–Kier alpha value is -2.58. The molecule has 126 valence electrons. The minimum Gasteiger partial charge on any atom is -0.439 e. The first-order valence-corrected chi connectivity index (χ1v) is 7.49. The van der Waals surface area contributed by atoms with Gasteiger partial charge in [-0.15, -0.1) is 0 Å². The average Bonchev–Trinajstić information content (AvgIpc) is 2.50. The Balaban J connectivity index is 1.75. The van der Waals surface area contributed by atoms with Crippen LogP contribution in [-0.2, 0) is 9.53 Å². The molecule has 5 N–H and O–H groups in total. The van der Waals surface area contributed by atoms with Gasteiger partial charge in [0.15, 0.2) is 6.61 Å². The minimum absolute atomic E-state index is 0.279. The molecule has 2 heterocycles. The van der Waals surface area contributed by atoms with Crippen LogP contribution in [0.5, 0.6) is 0 Å². The van der Waals surface area contributed by atoms with Gasteiger partial charge < -0.3 is 26.4 Å². The lowest BCUT2D eigenvalue weighted by Gasteiger charge is -2.32. The standard InChI is InChI=1S/C14H22N6O3/c1-9-6-12(19-13(16)18-9)20-4-2-10(3-5-20)7-17-14(22)23-8-11(15)21/h6,10H,2-5,7-8H2,1H3,(H2,15,21)(H,17,22)(H2,16,18,19). The summed E-state index contributed by atoms with van der Waals surface area (Å²) in [6.07, 6.45) is 1.21. The van der Waals surface area contributed by atoms with Gasteiger partial charge in [-0.05, 0) is 25.7 Å². The Kier molecular flexibility index (Phi) is 5.56. The lowest BCUT2D eigenvalue weighted by molar-refractivity contribution is -0.120. The first-order chi connectivity index (χ1) is 10.9. The molecule has 1 aliphatic heterocycles. The Bertz CT molecular complexity index is 551. The smallest absolute Gasteiger partial charge is 0.407 e. The van der Waals surface area contributed by atoms with Gasteiger partial charge in [0, 0.05) is 31.4 Å². The molecule has 9 heteroatoms. The fraction of sp³-hybridized carbons (Fsp3) is 0.571. The summed E-state index contributed by atoms with van der Waals surface area (Å²) in [5.74, 6) is 0.795. The summed E-state index contributed by atoms with van der Waals surface area (Å²) in [5.41, 5.74) is 11.4. The van der Waals surface area contributed by atoms with Crippen molar-refractivity contribution in [3.8, 4) is 0 Å². The number of carbonyl (C=O) groups is 2. The predicted molar refractivity (Wildman–Crippen MR) is 84.7 cm³/mol. The van der Waals surface area contributed by atoms with Gasteiger partial charge in [0.25, 0.3) is 5.91 Å². The number of piperidine rings is 1. The zero-order valence-corrected chi connectivity index (χ0v) is 13.1. The molecule has 1 aromatic rings. The molecule has 0 radical (unpaired) electrons. The van der Waals surface area contributed by atoms with Crippen LogP contribution in [0.25, 0.3) is 0 Å². The molecule has 0 aromatic carbocycles. The molecule has 0 atom stereocenters. The number of nitrogens with two attached hydrogens (primary N) is 2. The number of alkyl carbamates (subject to hydrolysis) is 1. The summed E-state index contributed by atoms with van der Waals surface area (Å²) in [6.45, 7) is 3.65. The molecule has 23 heavy (non-hydrogen) atoms. The fourth-order valence-corrected chi connectivity index (χ4v) is 2.52. The molecule has 0 saturated carbocycles. The summed E-state index contributed by atoms with van der Waals surface area (Å²) in [6, 6.07) is 1.91. The number of hydrogen-bond acceptors (Lipinski definition) is 7. The largest absolute Gasteiger partial charge is 0.439 e. The van der Waals surface area contributed by atoms with Gasteiger partial charge in [0.1, 0.15) is 5.82 Å². The number of aryl methyl sites for hydroxylation is 1. The number of nitrogens with one attached hydrogen (secondary N) is 1. The summed E-state index contributed by atoms with van der Waals surface area (Å²) in [4.78, 5) is 32.4. The maximum atomic E-state index is 11.4. The molecule has 0 unspecified atom stereocenters. The Labute approximate surface area is 134 Å². The van der Waals surface area contributed by atoms with Crippen LogP contribution in [0, 0.1) is 12.8 Å². The van der Waals surface area contributed by atoms with E-state index in [0.717, 1.165) is 37.4 Å². The number of primary amides is 1. The predicted octanol–water partition coefficient (Wildman–Crippen LogP) is -0.205. The van der Waals surface area contributed by atoms with E-state index in [-0.39, 0.29) is 5.95 Å². The van der Waals surface area contributed by atoms with Crippen molar-refractivity contribution in [2.24, 2.45) is 11.7 Å². The lowest BCUT2D eigenvalue weighted by Crippen LogP contribution is -2.39. The third-order valence-corrected chi connectivity index (χ3v) is 3.68. The highest BCUT2D eigenvalue weighted by molar-refractivity contribution is 5.78. The van der Waals surface area contributed by atoms with Crippen molar-refractivity contribution in [2.45, 2.75) is 19.8 Å². The molecule has 2 rings (SSSR count). The first kappa shape index (κ1) is 16.8. The lowest BCUT2D eigenvalue weighted by atomic mass is 9.97. The van der Waals surface area contributed by atoms with Crippen molar-refractivity contribution in [1.82, 2.24) is 15.3 Å². The molecule has 1 fully saturated rings. The number of anilines is 2. The quantitative estimate of drug-likeness (QED) is 0.682. The third-order valence-electron chi connectivity index (χ3n) is 3.68. The van der Waals surface area contributed by atoms with E-state index in [0.29, 0.717) is 12.5 Å². The molecule has 0 aliphatic carbocycles. The number of carbonyl (C=O) groups excluding carboxylic acids is 2. The molecule has 1 aromatic heterocycles. The number of nitrogens with zero attached hydrogens (tertiary/aromatic N) is 3. The molecule has 9 nitrogen and oxygen atoms in total. The van der Waals surface area contributed by atoms with Crippen LogP contribution in [0.4, 0.5) is 16.6 Å². The summed E-state index contributed by atoms with van der Waals surface area (Å²) in [7, 11) is 0. The van der Waals surface area contributed by atoms with Crippen LogP contribution in [0.2, 0.25) is 0 Å². The Morgan fingerprint density at radius 1 is 1.39 bits per heavy atom. The molecular formula is C14H22N6O3. The van der Waals surface area contributed by atoms with E-state index >= 15 is 0 Å². The zero-order chi connectivity index (χ0) is 16.8. The van der Waals surface area contributed by atoms with Gasteiger partial charge in [-0.25, -0.2) is 9.78 Å². The third kappa shape index (κ3) is 5.28. The topological polar surface area (TPSA) is 136 Å². The van der Waals surface area contributed by atoms with Gasteiger partial charge in [-0.1, -0.05) is 0 Å². The molecule has 2 amide bonds. The van der Waals surface area contributed by atoms with Crippen molar-refractivity contribution < 1.29 is 14.3 Å². The van der Waals surface area contributed by atoms with Gasteiger partial charge in [0.05, 0.1) is 0 Å². The Morgan fingerprint density at radius 2 is 2.09 bits per heavy atom. The van der Waals surface area contributed by atoms with E-state index in [2.05, 4.69) is 24.9 Å². The number of rotatable bonds is 5. The highest BCUT2D eigenvalue weighted by Gasteiger charge is 2.21. The van der Waals surface area contributed by atoms with E-state index in [1.807, 2.05) is 13.0 Å². The first-order valence-electron chi connectivity index (χ1n) is 7.49. The van der Waals surface area contributed by atoms with Crippen molar-refractivity contribution in [3.05, 3.63) is 11.8 Å². The van der Waals surface area contributed by atoms with E-state index in [1.165, 1.54) is 0 Å². The van der Waals surface area contributed by atoms with Crippen molar-refractivity contribution in [3.63, 3.8) is 0 Å². The van der Waals surface area contributed by atoms with E-state index in [9.17, 15) is 9.59 Å². The van der Waals surface area contributed by atoms with Crippen LogP contribution in [0.15, 0.2) is 6.07 Å². The summed E-state index contributed by atoms with van der Waals surface area (Å²) < 4.78 is 4.65. The molecule has 0 bridgehead atoms. The van der Waals surface area contributed by atoms with E-state index in [1.54, 1.807) is 0 Å². The molecule has 1 saturated heterocycles. The number of amides is 2. The highest BCUT2D eigenvalue weighted by Crippen LogP contribution is 2.22. The van der Waals surface area contributed by atoms with Gasteiger partial charge in [0.2, 0.25) is 5.95 Å². The average molecular weight is 322 g/mol. The minimum atomic E-state index is -0.673. The highest BCUT2D eigenvalue weighted by atomic mass is 16.6. The van der Waals surface area contributed by atoms with Crippen LogP contribution < -0.4 is 21.7 Å². The van der Waals surface area contributed by atoms with Crippen LogP contribution in [-0.4, -0.2) is 48.2 Å². The van der Waals surface area contributed by atoms with Gasteiger partial charge in [-0.2, -0.15) is 4.98 Å². The monoisotopic (exact) mass is 322 g/mol. The van der Waals surface area contributed by atoms with Crippen LogP contribution in [0.3, 0.4) is 0 Å². The number of nitrogen functional groups attached to an aromatic ring is 1. The van der Waals surface area contributed by atoms with Crippen molar-refractivity contribution in [2.75, 3.05) is 36.9 Å². The van der Waals surface area contributed by atoms with Crippen molar-refractivity contribution in [1.29, 1.82) is 0 Å². The maximum absolute atomic E-state index is 11.4. The van der Waals surface area contributed by atoms with Gasteiger partial charge in [-0.3, -0.25) is 4.79 Å². The van der Waals surface area contributed by atoms with Gasteiger partial charge >= 0.3 is 6.09 Å². The molecule has 0 spiro atoms. The second kappa shape index (κ2) is 7.61. The summed E-state index contributed by atoms with van der Waals surface area (Å²) >= 11 is 0. The molecule has 1 aliphatic rings. The van der Waals surface area contributed by atoms with Crippen LogP contribution in [0.1, 0.15) is 18.5 Å². The Morgan fingerprint density at radius 3 is 2.70 bits per heavy atom. The van der Waals surface area contributed by atoms with E-state index < -0.39 is 18.6 Å². The SMILES string of the molecule is Cc1cc(N2CCC(CNC(=O)OCC(N)=O)CC2)nc(N)n1. The normalized spacial score (nSPS) is 15.3. The second-order valence-corrected chi connectivity index (χ2v) is 5.58. The number of hydrogen-bond donors (Lipinski definition) is 3. The zero-order valence-electron chi connectivity index (χ0n) is 13.1. The van der Waals surface area contributed by atoms with Crippen LogP contribution >= 0.6 is 0 Å². The summed E-state index contributed by atoms with van der Waals surface area (Å²) in [5, 5.41) is 2.65. The fourth-order valence-electron chi connectivity index (χ4n) is 2.52. The second-order valence-electron chi connectivity index (χ2n) is 5.58. The number of ether oxygens (including phenoxy) is 1. The van der Waals surface area contributed by atoms with E-state index in [4.69, 9.17) is 11.5 Å². The van der Waals surface area contributed by atoms with Crippen molar-refractivity contribution >= 4 is 23.8 Å².